The first-order valence-electron chi connectivity index (χ1n) is 14.2. The summed E-state index contributed by atoms with van der Waals surface area (Å²) in [5.74, 6) is 4.18. The highest BCUT2D eigenvalue weighted by atomic mass is 32.1. The fourth-order valence-corrected chi connectivity index (χ4v) is 4.27. The van der Waals surface area contributed by atoms with Gasteiger partial charge in [-0.3, -0.25) is 15.0 Å². The van der Waals surface area contributed by atoms with Crippen LogP contribution < -0.4 is 26.4 Å². The summed E-state index contributed by atoms with van der Waals surface area (Å²) in [6.45, 7) is 1.53. The SMILES string of the molecule is CC/C=C(\C(N)=O)C(/C=C(/NC(=O)C1CC1)N(C)COC(=O)c1ccc(OC)c(S)c1)=Nc1nccc(C(=N)/C=N\N)c1OC.OPO. The number of carbonyl (C=O) groups excluding carboxylic acids is 3. The van der Waals surface area contributed by atoms with Gasteiger partial charge in [-0.05, 0) is 43.5 Å². The number of ether oxygens (including phenoxy) is 3. The first-order valence-corrected chi connectivity index (χ1v) is 15.5. The molecular weight excluding hydrogens is 663 g/mol. The highest BCUT2D eigenvalue weighted by Crippen LogP contribution is 2.31. The van der Waals surface area contributed by atoms with Gasteiger partial charge in [0.1, 0.15) is 20.6 Å². The summed E-state index contributed by atoms with van der Waals surface area (Å²) >= 11 is 4.33. The molecule has 3 rings (SSSR count). The number of primary amides is 1. The second-order valence-corrected chi connectivity index (χ2v) is 10.5. The highest BCUT2D eigenvalue weighted by Gasteiger charge is 2.31. The van der Waals surface area contributed by atoms with Crippen molar-refractivity contribution in [3.05, 3.63) is 65.1 Å². The van der Waals surface area contributed by atoms with Gasteiger partial charge in [0, 0.05) is 35.7 Å². The van der Waals surface area contributed by atoms with Crippen molar-refractivity contribution in [2.75, 3.05) is 28.0 Å². The van der Waals surface area contributed by atoms with Crippen LogP contribution in [0.1, 0.15) is 42.1 Å². The lowest BCUT2D eigenvalue weighted by Crippen LogP contribution is -2.36. The number of amides is 2. The zero-order valence-corrected chi connectivity index (χ0v) is 28.7. The van der Waals surface area contributed by atoms with Gasteiger partial charge in [0.2, 0.25) is 5.91 Å². The molecule has 1 aliphatic carbocycles. The summed E-state index contributed by atoms with van der Waals surface area (Å²) in [4.78, 5) is 63.4. The van der Waals surface area contributed by atoms with E-state index >= 15 is 0 Å². The fourth-order valence-electron chi connectivity index (χ4n) is 3.96. The summed E-state index contributed by atoms with van der Waals surface area (Å²) in [5.41, 5.74) is 6.29. The zero-order valence-electron chi connectivity index (χ0n) is 26.8. The third kappa shape index (κ3) is 11.5. The van der Waals surface area contributed by atoms with Gasteiger partial charge in [-0.2, -0.15) is 5.10 Å². The van der Waals surface area contributed by atoms with Gasteiger partial charge in [-0.15, -0.1) is 12.6 Å². The smallest absolute Gasteiger partial charge is 0.339 e. The predicted octanol–water partition coefficient (Wildman–Crippen LogP) is 2.19. The second-order valence-electron chi connectivity index (χ2n) is 9.83. The Morgan fingerprint density at radius 2 is 1.92 bits per heavy atom. The minimum atomic E-state index is -0.917. The molecule has 0 unspecified atom stereocenters. The van der Waals surface area contributed by atoms with E-state index in [9.17, 15) is 14.4 Å². The Balaban J connectivity index is 0.00000257. The van der Waals surface area contributed by atoms with Gasteiger partial charge in [0.05, 0.1) is 43.0 Å². The molecule has 18 heteroatoms. The summed E-state index contributed by atoms with van der Waals surface area (Å²) in [6, 6.07) is 6.18. The van der Waals surface area contributed by atoms with Crippen molar-refractivity contribution in [3.63, 3.8) is 0 Å². The quantitative estimate of drug-likeness (QED) is 0.0207. The maximum absolute atomic E-state index is 12.9. The zero-order chi connectivity index (χ0) is 35.8. The third-order valence-electron chi connectivity index (χ3n) is 6.45. The molecule has 0 bridgehead atoms. The number of esters is 1. The van der Waals surface area contributed by atoms with Crippen molar-refractivity contribution in [1.29, 1.82) is 5.41 Å². The third-order valence-corrected chi connectivity index (χ3v) is 6.80. The molecule has 1 aliphatic rings. The molecule has 1 saturated carbocycles. The van der Waals surface area contributed by atoms with Crippen molar-refractivity contribution in [2.24, 2.45) is 27.6 Å². The van der Waals surface area contributed by atoms with E-state index in [1.54, 1.807) is 25.3 Å². The lowest BCUT2D eigenvalue weighted by atomic mass is 10.1. The van der Waals surface area contributed by atoms with Crippen molar-refractivity contribution in [1.82, 2.24) is 15.2 Å². The normalized spacial score (nSPS) is 13.3. The molecular formula is C30H39N8O8PS. The van der Waals surface area contributed by atoms with Crippen LogP contribution in [-0.4, -0.2) is 83.1 Å². The number of aromatic nitrogens is 1. The molecule has 258 valence electrons. The summed E-state index contributed by atoms with van der Waals surface area (Å²) in [6.07, 6.45) is 7.44. The molecule has 1 fully saturated rings. The van der Waals surface area contributed by atoms with Crippen LogP contribution in [0, 0.1) is 11.3 Å². The van der Waals surface area contributed by atoms with Crippen LogP contribution in [-0.2, 0) is 14.3 Å². The Bertz CT molecular complexity index is 1610. The first-order chi connectivity index (χ1) is 22.9. The maximum Gasteiger partial charge on any atom is 0.339 e. The average Bonchev–Trinajstić information content (AvgIpc) is 3.91. The number of aliphatic imine (C=N–C) groups is 1. The number of benzene rings is 1. The van der Waals surface area contributed by atoms with Crippen LogP contribution in [0.25, 0.3) is 0 Å². The Kier molecular flexibility index (Phi) is 16.2. The van der Waals surface area contributed by atoms with Crippen LogP contribution in [0.15, 0.2) is 69.0 Å². The number of allylic oxidation sites excluding steroid dienone is 2. The van der Waals surface area contributed by atoms with E-state index in [-0.39, 0.29) is 64.1 Å². The lowest BCUT2D eigenvalue weighted by Gasteiger charge is -2.23. The minimum absolute atomic E-state index is 0.0173. The number of thiol groups is 1. The molecule has 1 aromatic carbocycles. The fraction of sp³-hybridized carbons (Fsp3) is 0.300. The maximum atomic E-state index is 12.9. The molecule has 1 heterocycles. The molecule has 0 aliphatic heterocycles. The van der Waals surface area contributed by atoms with Crippen molar-refractivity contribution < 1.29 is 38.4 Å². The minimum Gasteiger partial charge on any atom is -0.496 e. The van der Waals surface area contributed by atoms with Crippen molar-refractivity contribution in [3.8, 4) is 11.5 Å². The predicted molar refractivity (Wildman–Crippen MR) is 185 cm³/mol. The number of pyridine rings is 1. The molecule has 48 heavy (non-hydrogen) atoms. The number of carbonyl (C=O) groups is 3. The Morgan fingerprint density at radius 3 is 2.46 bits per heavy atom. The van der Waals surface area contributed by atoms with Gasteiger partial charge in [0.15, 0.2) is 18.3 Å². The molecule has 0 radical (unpaired) electrons. The number of nitrogens with two attached hydrogens (primary N) is 2. The average molecular weight is 703 g/mol. The lowest BCUT2D eigenvalue weighted by molar-refractivity contribution is -0.122. The molecule has 0 saturated heterocycles. The van der Waals surface area contributed by atoms with Gasteiger partial charge in [-0.1, -0.05) is 13.0 Å². The van der Waals surface area contributed by atoms with E-state index < -0.39 is 20.9 Å². The molecule has 2 aromatic rings. The number of hydrogen-bond acceptors (Lipinski definition) is 15. The van der Waals surface area contributed by atoms with E-state index in [1.165, 1.54) is 43.5 Å². The van der Waals surface area contributed by atoms with Gasteiger partial charge >= 0.3 is 5.97 Å². The number of hydrogen-bond donors (Lipinski definition) is 7. The van der Waals surface area contributed by atoms with E-state index in [4.69, 9.17) is 41.0 Å². The summed E-state index contributed by atoms with van der Waals surface area (Å²) in [5, 5.41) is 14.5. The summed E-state index contributed by atoms with van der Waals surface area (Å²) in [7, 11) is 3.54. The molecule has 0 spiro atoms. The number of rotatable bonds is 15. The largest absolute Gasteiger partial charge is 0.496 e. The van der Waals surface area contributed by atoms with Gasteiger partial charge in [0.25, 0.3) is 5.91 Å². The van der Waals surface area contributed by atoms with Crippen molar-refractivity contribution >= 4 is 62.9 Å². The standard InChI is InChI=1S/C30H36N8O6S.H3O2P/c1-5-6-20(27(32)39)22(36-28-26(43-4)19(11-12-34-28)21(31)15-35-33)14-25(37-29(40)17-7-8-17)38(2)16-44-30(41)18-9-10-23(42-3)24(45)13-18;1-3-2/h6,9-15,17,31,45H,5,7-8,16,33H2,1-4H3,(H2,32,39)(H,37,40);1-3H/b20-6-,25-14-,31-21?,35-15-,36-22?;. The Hall–Kier alpha value is -4.83. The second kappa shape index (κ2) is 19.7. The number of nitrogens with zero attached hydrogens (tertiary/aromatic N) is 4. The van der Waals surface area contributed by atoms with Crippen LogP contribution in [0.4, 0.5) is 5.82 Å². The molecule has 16 nitrogen and oxygen atoms in total. The van der Waals surface area contributed by atoms with E-state index in [0.29, 0.717) is 17.1 Å². The van der Waals surface area contributed by atoms with Crippen LogP contribution in [0.3, 0.4) is 0 Å². The molecule has 8 N–H and O–H groups in total. The topological polar surface area (TPSA) is 248 Å². The first kappa shape index (κ1) is 39.3. The van der Waals surface area contributed by atoms with Crippen LogP contribution in [0.5, 0.6) is 11.5 Å². The van der Waals surface area contributed by atoms with Crippen LogP contribution in [0.2, 0.25) is 0 Å². The monoisotopic (exact) mass is 702 g/mol. The highest BCUT2D eigenvalue weighted by molar-refractivity contribution is 7.80. The molecule has 0 atom stereocenters. The Labute approximate surface area is 284 Å². The van der Waals surface area contributed by atoms with Crippen LogP contribution >= 0.6 is 21.7 Å². The number of nitrogens with one attached hydrogen (secondary N) is 2. The number of methoxy groups -OCH3 is 2. The van der Waals surface area contributed by atoms with Gasteiger partial charge < -0.3 is 45.8 Å². The van der Waals surface area contributed by atoms with E-state index in [2.05, 4.69) is 33.0 Å². The molecule has 1 aromatic heterocycles. The van der Waals surface area contributed by atoms with E-state index in [1.807, 2.05) is 6.92 Å². The van der Waals surface area contributed by atoms with Gasteiger partial charge in [-0.25, -0.2) is 14.8 Å². The van der Waals surface area contributed by atoms with Crippen molar-refractivity contribution in [2.45, 2.75) is 31.1 Å². The molecule has 2 amide bonds. The Morgan fingerprint density at radius 1 is 1.23 bits per heavy atom. The summed E-state index contributed by atoms with van der Waals surface area (Å²) < 4.78 is 16.2. The number of hydrazone groups is 1. The van der Waals surface area contributed by atoms with E-state index in [0.717, 1.165) is 19.1 Å².